The fourth-order valence-corrected chi connectivity index (χ4v) is 3.08. The third-order valence-electron chi connectivity index (χ3n) is 3.58. The van der Waals surface area contributed by atoms with Gasteiger partial charge in [0.2, 0.25) is 0 Å². The number of hydrogen-bond donors (Lipinski definition) is 0. The van der Waals surface area contributed by atoms with Gasteiger partial charge in [0.1, 0.15) is 0 Å². The highest BCUT2D eigenvalue weighted by Crippen LogP contribution is 2.31. The molecule has 0 aromatic heterocycles. The number of hydrogen-bond acceptors (Lipinski definition) is 3. The predicted octanol–water partition coefficient (Wildman–Crippen LogP) is 3.87. The summed E-state index contributed by atoms with van der Waals surface area (Å²) in [6.07, 6.45) is 3.55. The van der Waals surface area contributed by atoms with E-state index in [1.54, 1.807) is 6.07 Å². The SMILES string of the molecule is CCC1CCCN1c1ccc([N+](=O)[O-])c(CBr)c1. The maximum absolute atomic E-state index is 10.9. The summed E-state index contributed by atoms with van der Waals surface area (Å²) in [5.74, 6) is 0. The molecule has 2 rings (SSSR count). The van der Waals surface area contributed by atoms with Crippen molar-refractivity contribution < 1.29 is 4.92 Å². The summed E-state index contributed by atoms with van der Waals surface area (Å²) in [7, 11) is 0. The Labute approximate surface area is 115 Å². The topological polar surface area (TPSA) is 46.4 Å². The molecule has 98 valence electrons. The molecule has 1 unspecified atom stereocenters. The van der Waals surface area contributed by atoms with Crippen molar-refractivity contribution in [3.8, 4) is 0 Å². The van der Waals surface area contributed by atoms with Crippen molar-refractivity contribution in [3.05, 3.63) is 33.9 Å². The number of alkyl halides is 1. The third kappa shape index (κ3) is 2.51. The summed E-state index contributed by atoms with van der Waals surface area (Å²) in [4.78, 5) is 13.0. The minimum Gasteiger partial charge on any atom is -0.369 e. The fraction of sp³-hybridized carbons (Fsp3) is 0.538. The summed E-state index contributed by atoms with van der Waals surface area (Å²) in [6.45, 7) is 3.25. The molecule has 0 radical (unpaired) electrons. The van der Waals surface area contributed by atoms with E-state index in [9.17, 15) is 10.1 Å². The van der Waals surface area contributed by atoms with Gasteiger partial charge in [0.25, 0.3) is 5.69 Å². The first kappa shape index (κ1) is 13.3. The average molecular weight is 313 g/mol. The lowest BCUT2D eigenvalue weighted by Crippen LogP contribution is -2.28. The van der Waals surface area contributed by atoms with E-state index < -0.39 is 0 Å². The second-order valence-corrected chi connectivity index (χ2v) is 5.16. The molecule has 1 heterocycles. The minimum absolute atomic E-state index is 0.197. The smallest absolute Gasteiger partial charge is 0.273 e. The minimum atomic E-state index is -0.318. The zero-order valence-electron chi connectivity index (χ0n) is 10.4. The number of anilines is 1. The number of nitro groups is 1. The summed E-state index contributed by atoms with van der Waals surface area (Å²) in [5.41, 5.74) is 2.06. The van der Waals surface area contributed by atoms with E-state index in [0.29, 0.717) is 11.4 Å². The first-order valence-corrected chi connectivity index (χ1v) is 7.39. The monoisotopic (exact) mass is 312 g/mol. The number of nitrogens with zero attached hydrogens (tertiary/aromatic N) is 2. The van der Waals surface area contributed by atoms with Crippen LogP contribution in [0, 0.1) is 10.1 Å². The zero-order valence-corrected chi connectivity index (χ0v) is 12.0. The van der Waals surface area contributed by atoms with Crippen molar-refractivity contribution >= 4 is 27.3 Å². The molecule has 5 heteroatoms. The standard InChI is InChI=1S/C13H17BrN2O2/c1-2-11-4-3-7-15(11)12-5-6-13(16(17)18)10(8-12)9-14/h5-6,8,11H,2-4,7,9H2,1H3. The van der Waals surface area contributed by atoms with Crippen molar-refractivity contribution in [3.63, 3.8) is 0 Å². The largest absolute Gasteiger partial charge is 0.369 e. The van der Waals surface area contributed by atoms with Gasteiger partial charge in [-0.25, -0.2) is 0 Å². The molecule has 1 aromatic carbocycles. The maximum Gasteiger partial charge on any atom is 0.273 e. The zero-order chi connectivity index (χ0) is 13.1. The van der Waals surface area contributed by atoms with Crippen molar-refractivity contribution in [2.24, 2.45) is 0 Å². The highest BCUT2D eigenvalue weighted by atomic mass is 79.9. The van der Waals surface area contributed by atoms with Crippen LogP contribution in [0.1, 0.15) is 31.7 Å². The average Bonchev–Trinajstić information content (AvgIpc) is 2.86. The second-order valence-electron chi connectivity index (χ2n) is 4.60. The predicted molar refractivity (Wildman–Crippen MR) is 76.4 cm³/mol. The third-order valence-corrected chi connectivity index (χ3v) is 4.19. The molecule has 1 fully saturated rings. The van der Waals surface area contributed by atoms with Gasteiger partial charge in [-0.3, -0.25) is 10.1 Å². The van der Waals surface area contributed by atoms with Gasteiger partial charge in [-0.15, -0.1) is 0 Å². The van der Waals surface area contributed by atoms with Gasteiger partial charge in [0.15, 0.2) is 0 Å². The van der Waals surface area contributed by atoms with Crippen LogP contribution < -0.4 is 4.90 Å². The molecule has 1 aliphatic heterocycles. The fourth-order valence-electron chi connectivity index (χ4n) is 2.64. The Hall–Kier alpha value is -1.10. The quantitative estimate of drug-likeness (QED) is 0.481. The molecule has 0 amide bonds. The summed E-state index contributed by atoms with van der Waals surface area (Å²) in [5, 5.41) is 11.4. The molecule has 1 aliphatic rings. The van der Waals surface area contributed by atoms with Crippen LogP contribution in [0.3, 0.4) is 0 Å². The Morgan fingerprint density at radius 2 is 2.33 bits per heavy atom. The van der Waals surface area contributed by atoms with Gasteiger partial charge in [-0.2, -0.15) is 0 Å². The Bertz CT molecular complexity index is 451. The van der Waals surface area contributed by atoms with Crippen LogP contribution in [0.4, 0.5) is 11.4 Å². The summed E-state index contributed by atoms with van der Waals surface area (Å²) >= 11 is 3.33. The van der Waals surface area contributed by atoms with Gasteiger partial charge < -0.3 is 4.90 Å². The first-order valence-electron chi connectivity index (χ1n) is 6.27. The van der Waals surface area contributed by atoms with Gasteiger partial charge >= 0.3 is 0 Å². The van der Waals surface area contributed by atoms with Crippen molar-refractivity contribution in [1.82, 2.24) is 0 Å². The van der Waals surface area contributed by atoms with E-state index in [1.165, 1.54) is 12.8 Å². The van der Waals surface area contributed by atoms with Crippen LogP contribution in [-0.2, 0) is 5.33 Å². The van der Waals surface area contributed by atoms with Crippen LogP contribution in [0.5, 0.6) is 0 Å². The van der Waals surface area contributed by atoms with Gasteiger partial charge in [-0.1, -0.05) is 22.9 Å². The highest BCUT2D eigenvalue weighted by molar-refractivity contribution is 9.08. The molecule has 4 nitrogen and oxygen atoms in total. The lowest BCUT2D eigenvalue weighted by molar-refractivity contribution is -0.385. The van der Waals surface area contributed by atoms with Crippen molar-refractivity contribution in [2.45, 2.75) is 37.6 Å². The Morgan fingerprint density at radius 3 is 2.94 bits per heavy atom. The lowest BCUT2D eigenvalue weighted by Gasteiger charge is -2.26. The molecule has 0 saturated carbocycles. The van der Waals surface area contributed by atoms with Gasteiger partial charge in [0.05, 0.1) is 4.92 Å². The molecule has 1 atom stereocenters. The van der Waals surface area contributed by atoms with E-state index in [2.05, 4.69) is 27.8 Å². The molecule has 0 N–H and O–H groups in total. The Morgan fingerprint density at radius 1 is 1.56 bits per heavy atom. The Kier molecular flexibility index (Phi) is 4.22. The maximum atomic E-state index is 10.9. The van der Waals surface area contributed by atoms with E-state index >= 15 is 0 Å². The van der Waals surface area contributed by atoms with E-state index in [-0.39, 0.29) is 10.6 Å². The first-order chi connectivity index (χ1) is 8.67. The number of nitro benzene ring substituents is 1. The lowest BCUT2D eigenvalue weighted by atomic mass is 10.1. The van der Waals surface area contributed by atoms with E-state index in [1.807, 2.05) is 12.1 Å². The van der Waals surface area contributed by atoms with Crippen molar-refractivity contribution in [1.29, 1.82) is 0 Å². The van der Waals surface area contributed by atoms with Gasteiger partial charge in [-0.05, 0) is 31.4 Å². The van der Waals surface area contributed by atoms with E-state index in [4.69, 9.17) is 0 Å². The highest BCUT2D eigenvalue weighted by Gasteiger charge is 2.24. The number of halogens is 1. The summed E-state index contributed by atoms with van der Waals surface area (Å²) in [6, 6.07) is 6.02. The summed E-state index contributed by atoms with van der Waals surface area (Å²) < 4.78 is 0. The molecule has 1 saturated heterocycles. The van der Waals surface area contributed by atoms with Crippen LogP contribution in [0.25, 0.3) is 0 Å². The molecule has 0 aliphatic carbocycles. The number of benzene rings is 1. The van der Waals surface area contributed by atoms with Crippen LogP contribution >= 0.6 is 15.9 Å². The molecular formula is C13H17BrN2O2. The molecular weight excluding hydrogens is 296 g/mol. The molecule has 0 bridgehead atoms. The molecule has 18 heavy (non-hydrogen) atoms. The second kappa shape index (κ2) is 5.69. The van der Waals surface area contributed by atoms with Crippen molar-refractivity contribution in [2.75, 3.05) is 11.4 Å². The van der Waals surface area contributed by atoms with E-state index in [0.717, 1.165) is 24.2 Å². The normalized spacial score (nSPS) is 19.2. The molecule has 0 spiro atoms. The molecule has 1 aromatic rings. The van der Waals surface area contributed by atoms with Crippen LogP contribution in [-0.4, -0.2) is 17.5 Å². The van der Waals surface area contributed by atoms with Crippen LogP contribution in [0.15, 0.2) is 18.2 Å². The van der Waals surface area contributed by atoms with Gasteiger partial charge in [0, 0.05) is 35.2 Å². The number of rotatable bonds is 4. The van der Waals surface area contributed by atoms with Crippen LogP contribution in [0.2, 0.25) is 0 Å². The Balaban J connectivity index is 2.32.